The fourth-order valence-electron chi connectivity index (χ4n) is 2.89. The van der Waals surface area contributed by atoms with Gasteiger partial charge in [0, 0.05) is 6.92 Å². The summed E-state index contributed by atoms with van der Waals surface area (Å²) in [5.74, 6) is -8.86. The molecule has 0 aliphatic carbocycles. The fourth-order valence-corrected chi connectivity index (χ4v) is 3.62. The van der Waals surface area contributed by atoms with Crippen LogP contribution in [-0.2, 0) is 37.6 Å². The highest BCUT2D eigenvalue weighted by molar-refractivity contribution is 7.47. The highest BCUT2D eigenvalue weighted by Gasteiger charge is 2.74. The van der Waals surface area contributed by atoms with Crippen LogP contribution in [-0.4, -0.2) is 90.4 Å². The van der Waals surface area contributed by atoms with Crippen molar-refractivity contribution in [2.75, 3.05) is 13.2 Å². The number of phosphoric ester groups is 1. The van der Waals surface area contributed by atoms with Crippen molar-refractivity contribution < 1.29 is 62.9 Å². The Hall–Kier alpha value is -2.21. The number of carbonyl (C=O) groups is 5. The molecule has 0 rings (SSSR count). The first-order valence-corrected chi connectivity index (χ1v) is 10.3. The molecular formula is C17H24NO13P. The van der Waals surface area contributed by atoms with Gasteiger partial charge in [-0.3, -0.25) is 33.0 Å². The summed E-state index contributed by atoms with van der Waals surface area (Å²) in [7, 11) is -5.00. The van der Waals surface area contributed by atoms with Gasteiger partial charge in [0.2, 0.25) is 17.0 Å². The highest BCUT2D eigenvalue weighted by Crippen LogP contribution is 2.45. The maximum Gasteiger partial charge on any atom is 0.472 e. The van der Waals surface area contributed by atoms with E-state index < -0.39 is 72.9 Å². The number of ketones is 5. The lowest BCUT2D eigenvalue weighted by molar-refractivity contribution is -0.245. The molecule has 0 bridgehead atoms. The Labute approximate surface area is 182 Å². The van der Waals surface area contributed by atoms with Gasteiger partial charge in [-0.05, 0) is 20.8 Å². The molecule has 5 N–H and O–H groups in total. The molecule has 0 heterocycles. The quantitative estimate of drug-likeness (QED) is 0.0746. The van der Waals surface area contributed by atoms with Crippen LogP contribution in [0.25, 0.3) is 0 Å². The van der Waals surface area contributed by atoms with Crippen LogP contribution >= 0.6 is 7.82 Å². The average molecular weight is 481 g/mol. The molecule has 0 saturated carbocycles. The second kappa shape index (κ2) is 10.6. The number of aliphatic hydroxyl groups is 4. The molecule has 0 aromatic rings. The zero-order valence-corrected chi connectivity index (χ0v) is 18.5. The van der Waals surface area contributed by atoms with Crippen molar-refractivity contribution in [3.8, 4) is 6.07 Å². The summed E-state index contributed by atoms with van der Waals surface area (Å²) in [5.41, 5.74) is -12.1. The first-order valence-electron chi connectivity index (χ1n) is 8.80. The molecule has 180 valence electrons. The van der Waals surface area contributed by atoms with E-state index >= 15 is 0 Å². The number of hydrogen-bond acceptors (Lipinski definition) is 13. The summed E-state index contributed by atoms with van der Waals surface area (Å²) in [5, 5.41) is 51.3. The minimum atomic E-state index is -5.00. The zero-order chi connectivity index (χ0) is 25.7. The molecule has 0 aliphatic rings. The van der Waals surface area contributed by atoms with E-state index in [1.54, 1.807) is 6.07 Å². The molecular weight excluding hydrogens is 457 g/mol. The number of nitriles is 1. The minimum absolute atomic E-state index is 0.337. The average Bonchev–Trinajstić information content (AvgIpc) is 2.68. The van der Waals surface area contributed by atoms with Gasteiger partial charge in [-0.15, -0.1) is 0 Å². The molecule has 5 atom stereocenters. The van der Waals surface area contributed by atoms with E-state index in [0.29, 0.717) is 27.7 Å². The Balaban J connectivity index is 6.59. The zero-order valence-electron chi connectivity index (χ0n) is 17.6. The summed E-state index contributed by atoms with van der Waals surface area (Å²) < 4.78 is 20.5. The third-order valence-electron chi connectivity index (χ3n) is 4.63. The molecule has 0 radical (unpaired) electrons. The fraction of sp³-hybridized carbons (Fsp3) is 0.647. The first kappa shape index (κ1) is 29.8. The lowest BCUT2D eigenvalue weighted by atomic mass is 9.61. The Morgan fingerprint density at radius 2 is 1.47 bits per heavy atom. The third kappa shape index (κ3) is 5.22. The van der Waals surface area contributed by atoms with Crippen LogP contribution in [0, 0.1) is 11.3 Å². The predicted molar refractivity (Wildman–Crippen MR) is 101 cm³/mol. The van der Waals surface area contributed by atoms with E-state index in [1.807, 2.05) is 0 Å². The van der Waals surface area contributed by atoms with Gasteiger partial charge in [0.25, 0.3) is 0 Å². The Morgan fingerprint density at radius 1 is 0.969 bits per heavy atom. The second-order valence-corrected chi connectivity index (χ2v) is 8.22. The van der Waals surface area contributed by atoms with Crippen molar-refractivity contribution >= 4 is 36.7 Å². The summed E-state index contributed by atoms with van der Waals surface area (Å²) in [4.78, 5) is 70.1. The van der Waals surface area contributed by atoms with Crippen molar-refractivity contribution in [1.82, 2.24) is 0 Å². The third-order valence-corrected chi connectivity index (χ3v) is 5.61. The Bertz CT molecular complexity index is 895. The Kier molecular flexibility index (Phi) is 9.87. The molecule has 32 heavy (non-hydrogen) atoms. The number of hydrogen-bond donors (Lipinski definition) is 5. The van der Waals surface area contributed by atoms with E-state index in [9.17, 15) is 53.9 Å². The van der Waals surface area contributed by atoms with Gasteiger partial charge < -0.3 is 25.3 Å². The van der Waals surface area contributed by atoms with E-state index in [0.717, 1.165) is 0 Å². The topological polar surface area (TPSA) is 246 Å². The van der Waals surface area contributed by atoms with Crippen LogP contribution in [0.3, 0.4) is 0 Å². The first-order chi connectivity index (χ1) is 14.4. The molecule has 0 saturated heterocycles. The van der Waals surface area contributed by atoms with Crippen molar-refractivity contribution in [3.63, 3.8) is 0 Å². The van der Waals surface area contributed by atoms with Crippen molar-refractivity contribution in [3.05, 3.63) is 0 Å². The van der Waals surface area contributed by atoms with E-state index in [1.165, 1.54) is 0 Å². The van der Waals surface area contributed by atoms with E-state index in [2.05, 4.69) is 9.05 Å². The van der Waals surface area contributed by atoms with Crippen LogP contribution in [0.15, 0.2) is 0 Å². The number of aliphatic hydroxyl groups excluding tert-OH is 1. The number of rotatable bonds is 14. The smallest absolute Gasteiger partial charge is 0.387 e. The van der Waals surface area contributed by atoms with Gasteiger partial charge in [0.15, 0.2) is 28.7 Å². The predicted octanol–water partition coefficient (Wildman–Crippen LogP) is -2.49. The van der Waals surface area contributed by atoms with Gasteiger partial charge >= 0.3 is 7.82 Å². The maximum atomic E-state index is 12.3. The largest absolute Gasteiger partial charge is 0.472 e. The number of phosphoric acid groups is 1. The van der Waals surface area contributed by atoms with Gasteiger partial charge in [-0.25, -0.2) is 4.57 Å². The second-order valence-electron chi connectivity index (χ2n) is 6.76. The molecule has 0 aromatic carbocycles. The molecule has 0 aliphatic heterocycles. The summed E-state index contributed by atoms with van der Waals surface area (Å²) >= 11 is 0. The molecule has 14 nitrogen and oxygen atoms in total. The van der Waals surface area contributed by atoms with Crippen LogP contribution in [0.1, 0.15) is 34.1 Å². The summed E-state index contributed by atoms with van der Waals surface area (Å²) in [6.07, 6.45) is -3.17. The van der Waals surface area contributed by atoms with Gasteiger partial charge in [-0.1, -0.05) is 0 Å². The van der Waals surface area contributed by atoms with Gasteiger partial charge in [0.1, 0.15) is 6.10 Å². The van der Waals surface area contributed by atoms with Crippen LogP contribution in [0.4, 0.5) is 0 Å². The van der Waals surface area contributed by atoms with Gasteiger partial charge in [-0.2, -0.15) is 5.26 Å². The number of Topliss-reactive ketones (excluding diaryl/α,β-unsaturated/α-hetero) is 5. The normalized spacial score (nSPS) is 19.8. The minimum Gasteiger partial charge on any atom is -0.387 e. The Morgan fingerprint density at radius 3 is 1.81 bits per heavy atom. The van der Waals surface area contributed by atoms with Gasteiger partial charge in [0.05, 0.1) is 25.7 Å². The monoisotopic (exact) mass is 481 g/mol. The van der Waals surface area contributed by atoms with E-state index in [4.69, 9.17) is 5.26 Å². The molecule has 1 unspecified atom stereocenters. The number of carbonyl (C=O) groups excluding carboxylic acids is 5. The molecule has 0 aromatic heterocycles. The maximum absolute atomic E-state index is 12.3. The molecule has 0 fully saturated rings. The van der Waals surface area contributed by atoms with Crippen molar-refractivity contribution in [2.24, 2.45) is 0 Å². The van der Waals surface area contributed by atoms with Crippen molar-refractivity contribution in [2.45, 2.75) is 57.0 Å². The van der Waals surface area contributed by atoms with Crippen LogP contribution in [0.2, 0.25) is 0 Å². The van der Waals surface area contributed by atoms with Crippen LogP contribution in [0.5, 0.6) is 0 Å². The number of nitrogens with zero attached hydrogens (tertiary/aromatic N) is 1. The highest BCUT2D eigenvalue weighted by atomic mass is 31.2. The standard InChI is InChI=1S/C17H24NO13P/c1-9(19)14(24)16(26,11(3)21)17(27,12(4)22)15(25,10(2)20)13(23)8-31-32(28,29)30-7-5-6-18/h13,23,25-27H,5,7-8H2,1-4H3,(H,28,29)/t13-,15-,16+,17+/m1/s1. The SMILES string of the molecule is CC(=O)C(=O)[C@@](O)(C(C)=O)[C@](O)(C(C)=O)[C@@](O)(C(C)=O)[C@H](O)COP(=O)(O)OCCC#N. The summed E-state index contributed by atoms with van der Waals surface area (Å²) in [6, 6.07) is 1.59. The molecule has 0 amide bonds. The lowest BCUT2D eigenvalue weighted by Gasteiger charge is -2.48. The van der Waals surface area contributed by atoms with E-state index in [-0.39, 0.29) is 6.42 Å². The van der Waals surface area contributed by atoms with Crippen LogP contribution < -0.4 is 0 Å². The molecule has 0 spiro atoms. The summed E-state index contributed by atoms with van der Waals surface area (Å²) in [6.45, 7) is -0.171. The van der Waals surface area contributed by atoms with Crippen molar-refractivity contribution in [1.29, 1.82) is 5.26 Å². The molecule has 15 heteroatoms. The lowest BCUT2D eigenvalue weighted by Crippen LogP contribution is -2.81.